The smallest absolute Gasteiger partial charge is 0.336 e. The number of allylic oxidation sites excluding steroid dienone is 1. The topological polar surface area (TPSA) is 140 Å². The fourth-order valence-corrected chi connectivity index (χ4v) is 5.77. The number of carbonyl (C=O) groups is 3. The second-order valence-corrected chi connectivity index (χ2v) is 10.0. The summed E-state index contributed by atoms with van der Waals surface area (Å²) in [5.74, 6) is -4.65. The first kappa shape index (κ1) is 25.4. The summed E-state index contributed by atoms with van der Waals surface area (Å²) >= 11 is 0. The Bertz CT molecular complexity index is 917. The van der Waals surface area contributed by atoms with Crippen molar-refractivity contribution in [3.63, 3.8) is 0 Å². The highest BCUT2D eigenvalue weighted by Crippen LogP contribution is 2.56. The number of hydrogen-bond acceptors (Lipinski definition) is 9. The summed E-state index contributed by atoms with van der Waals surface area (Å²) in [4.78, 5) is 36.5. The Labute approximate surface area is 193 Å². The van der Waals surface area contributed by atoms with E-state index in [1.807, 2.05) is 0 Å². The lowest BCUT2D eigenvalue weighted by Gasteiger charge is -2.57. The molecule has 1 aliphatic heterocycles. The summed E-state index contributed by atoms with van der Waals surface area (Å²) in [5, 5.41) is 33.7. The molecular weight excluding hydrogens is 432 g/mol. The van der Waals surface area contributed by atoms with Gasteiger partial charge in [0.2, 0.25) is 0 Å². The van der Waals surface area contributed by atoms with E-state index >= 15 is 0 Å². The Balaban J connectivity index is 2.27. The van der Waals surface area contributed by atoms with Gasteiger partial charge in [-0.25, -0.2) is 4.79 Å². The number of carbonyl (C=O) groups excluding carboxylic acids is 3. The van der Waals surface area contributed by atoms with E-state index in [1.54, 1.807) is 13.8 Å². The number of esters is 3. The Kier molecular flexibility index (Phi) is 6.56. The average Bonchev–Trinajstić information content (AvgIpc) is 2.87. The maximum atomic E-state index is 12.4. The molecule has 1 heterocycles. The van der Waals surface area contributed by atoms with Crippen LogP contribution in [-0.2, 0) is 28.6 Å². The van der Waals surface area contributed by atoms with Crippen molar-refractivity contribution in [2.24, 2.45) is 11.3 Å². The predicted octanol–water partition coefficient (Wildman–Crippen LogP) is 1.68. The molecule has 1 fully saturated rings. The third kappa shape index (κ3) is 4.34. The van der Waals surface area contributed by atoms with Crippen LogP contribution in [0.2, 0.25) is 0 Å². The van der Waals surface area contributed by atoms with E-state index in [2.05, 4.69) is 0 Å². The zero-order valence-corrected chi connectivity index (χ0v) is 20.0. The van der Waals surface area contributed by atoms with Gasteiger partial charge in [0.15, 0.2) is 0 Å². The van der Waals surface area contributed by atoms with Gasteiger partial charge in [-0.1, -0.05) is 12.5 Å². The van der Waals surface area contributed by atoms with Gasteiger partial charge < -0.3 is 29.5 Å². The van der Waals surface area contributed by atoms with Gasteiger partial charge in [-0.05, 0) is 46.1 Å². The maximum Gasteiger partial charge on any atom is 0.336 e. The predicted molar refractivity (Wildman–Crippen MR) is 115 cm³/mol. The number of fused-ring (bicyclic) bond motifs is 2. The summed E-state index contributed by atoms with van der Waals surface area (Å²) in [6, 6.07) is 0. The minimum atomic E-state index is -1.99. The third-order valence-electron chi connectivity index (χ3n) is 7.66. The second kappa shape index (κ2) is 8.52. The highest BCUT2D eigenvalue weighted by atomic mass is 16.7. The molecule has 3 aliphatic rings. The summed E-state index contributed by atoms with van der Waals surface area (Å²) in [5.41, 5.74) is -1.71. The zero-order valence-electron chi connectivity index (χ0n) is 20.0. The number of aliphatic hydroxyl groups is 3. The second-order valence-electron chi connectivity index (χ2n) is 10.0. The van der Waals surface area contributed by atoms with Crippen LogP contribution >= 0.6 is 0 Å². The molecule has 1 saturated carbocycles. The van der Waals surface area contributed by atoms with E-state index in [0.29, 0.717) is 18.4 Å². The van der Waals surface area contributed by atoms with Crippen LogP contribution in [0, 0.1) is 11.3 Å². The molecule has 7 unspecified atom stereocenters. The monoisotopic (exact) mass is 466 g/mol. The van der Waals surface area contributed by atoms with Crippen molar-refractivity contribution in [2.75, 3.05) is 0 Å². The molecule has 0 spiro atoms. The lowest BCUT2D eigenvalue weighted by molar-refractivity contribution is -0.246. The van der Waals surface area contributed by atoms with Crippen molar-refractivity contribution >= 4 is 17.9 Å². The van der Waals surface area contributed by atoms with Crippen LogP contribution in [0.3, 0.4) is 0 Å². The van der Waals surface area contributed by atoms with Gasteiger partial charge in [-0.3, -0.25) is 9.59 Å². The van der Waals surface area contributed by atoms with Gasteiger partial charge in [-0.2, -0.15) is 0 Å². The van der Waals surface area contributed by atoms with Gasteiger partial charge in [-0.15, -0.1) is 0 Å². The molecule has 9 nitrogen and oxygen atoms in total. The van der Waals surface area contributed by atoms with E-state index in [1.165, 1.54) is 33.8 Å². The third-order valence-corrected chi connectivity index (χ3v) is 7.66. The van der Waals surface area contributed by atoms with E-state index in [-0.39, 0.29) is 24.0 Å². The van der Waals surface area contributed by atoms with Gasteiger partial charge in [0.05, 0.1) is 11.7 Å². The van der Waals surface area contributed by atoms with Gasteiger partial charge >= 0.3 is 17.9 Å². The number of rotatable bonds is 2. The Morgan fingerprint density at radius 1 is 1.09 bits per heavy atom. The molecule has 0 saturated heterocycles. The fourth-order valence-electron chi connectivity index (χ4n) is 5.77. The quantitative estimate of drug-likeness (QED) is 0.315. The molecule has 184 valence electrons. The van der Waals surface area contributed by atoms with Crippen LogP contribution in [-0.4, -0.2) is 62.9 Å². The minimum Gasteiger partial charge on any atom is -0.462 e. The molecule has 0 aromatic carbocycles. The molecule has 0 aromatic heterocycles. The molecule has 0 amide bonds. The maximum absolute atomic E-state index is 12.4. The molecule has 3 rings (SSSR count). The van der Waals surface area contributed by atoms with Crippen molar-refractivity contribution in [3.05, 3.63) is 22.8 Å². The highest BCUT2D eigenvalue weighted by Gasteiger charge is 2.63. The van der Waals surface area contributed by atoms with Crippen molar-refractivity contribution in [2.45, 2.75) is 96.9 Å². The molecular formula is C24H34O9. The van der Waals surface area contributed by atoms with Crippen LogP contribution < -0.4 is 0 Å². The Morgan fingerprint density at radius 3 is 2.24 bits per heavy atom. The number of hydrogen-bond donors (Lipinski definition) is 3. The van der Waals surface area contributed by atoms with Crippen LogP contribution in [0.1, 0.15) is 67.2 Å². The highest BCUT2D eigenvalue weighted by molar-refractivity contribution is 5.92. The van der Waals surface area contributed by atoms with E-state index < -0.39 is 58.9 Å². The van der Waals surface area contributed by atoms with Crippen molar-refractivity contribution in [3.8, 4) is 0 Å². The lowest BCUT2D eigenvalue weighted by Crippen LogP contribution is -2.66. The van der Waals surface area contributed by atoms with Crippen molar-refractivity contribution in [1.29, 1.82) is 0 Å². The van der Waals surface area contributed by atoms with Crippen molar-refractivity contribution < 1.29 is 43.9 Å². The molecule has 33 heavy (non-hydrogen) atoms. The van der Waals surface area contributed by atoms with E-state index in [4.69, 9.17) is 14.2 Å². The van der Waals surface area contributed by atoms with Crippen LogP contribution in [0.25, 0.3) is 0 Å². The molecule has 3 N–H and O–H groups in total. The summed E-state index contributed by atoms with van der Waals surface area (Å²) in [7, 11) is 0. The molecule has 7 atom stereocenters. The van der Waals surface area contributed by atoms with E-state index in [9.17, 15) is 29.7 Å². The summed E-state index contributed by atoms with van der Waals surface area (Å²) in [6.45, 7) is 9.06. The first-order valence-corrected chi connectivity index (χ1v) is 11.2. The van der Waals surface area contributed by atoms with E-state index in [0.717, 1.165) is 0 Å². The Morgan fingerprint density at radius 2 is 1.67 bits per heavy atom. The van der Waals surface area contributed by atoms with Crippen LogP contribution in [0.15, 0.2) is 22.8 Å². The molecule has 2 aliphatic carbocycles. The SMILES string of the molecule is CC(=O)OC1CCC(C)=CC2(O)OC(=O)C(C)=C2CC2C(C)(O)C(O)CC(OC(C)=O)C12C. The largest absolute Gasteiger partial charge is 0.462 e. The van der Waals surface area contributed by atoms with Gasteiger partial charge in [0.1, 0.15) is 12.2 Å². The summed E-state index contributed by atoms with van der Waals surface area (Å²) < 4.78 is 16.7. The summed E-state index contributed by atoms with van der Waals surface area (Å²) in [6.07, 6.45) is -0.929. The standard InChI is InChI=1S/C24H34O9/c1-12-7-8-19(31-14(3)25)22(5)17(9-16-13(2)21(28)33-24(16,30)11-12)23(6,29)18(27)10-20(22)32-15(4)26/h11,17-20,27,29-30H,7-10H2,1-6H3. The van der Waals surface area contributed by atoms with Crippen LogP contribution in [0.4, 0.5) is 0 Å². The van der Waals surface area contributed by atoms with Crippen molar-refractivity contribution in [1.82, 2.24) is 0 Å². The molecule has 0 radical (unpaired) electrons. The molecule has 0 bridgehead atoms. The minimum absolute atomic E-state index is 0.0616. The average molecular weight is 467 g/mol. The Hall–Kier alpha value is -2.23. The zero-order chi connectivity index (χ0) is 24.9. The number of ether oxygens (including phenoxy) is 3. The fraction of sp³-hybridized carbons (Fsp3) is 0.708. The normalized spacial score (nSPS) is 41.4. The van der Waals surface area contributed by atoms with Crippen LogP contribution in [0.5, 0.6) is 0 Å². The molecule has 9 heteroatoms. The lowest BCUT2D eigenvalue weighted by atomic mass is 9.53. The number of aliphatic hydroxyl groups excluding tert-OH is 1. The first-order chi connectivity index (χ1) is 15.1. The first-order valence-electron chi connectivity index (χ1n) is 11.2. The van der Waals surface area contributed by atoms with Gasteiger partial charge in [0.25, 0.3) is 5.79 Å². The van der Waals surface area contributed by atoms with Gasteiger partial charge in [0, 0.05) is 42.7 Å². The molecule has 0 aromatic rings.